The molecule has 5 heteroatoms. The van der Waals surface area contributed by atoms with Crippen LogP contribution in [-0.4, -0.2) is 34.7 Å². The Bertz CT molecular complexity index is 559. The molecule has 2 aromatic rings. The standard InChI is InChI=1S/C16H21ClN2OS/c1-2-19(8-5-9-20)11-13-6-3-4-7-15(13)16-18-14(10-17)12-21-16/h3-4,6-7,12,20H,2,5,8-11H2,1H3. The molecule has 0 amide bonds. The summed E-state index contributed by atoms with van der Waals surface area (Å²) >= 11 is 7.48. The van der Waals surface area contributed by atoms with Crippen LogP contribution in [0.4, 0.5) is 0 Å². The summed E-state index contributed by atoms with van der Waals surface area (Å²) in [4.78, 5) is 6.92. The Kier molecular flexibility index (Phi) is 6.64. The zero-order chi connectivity index (χ0) is 15.1. The predicted molar refractivity (Wildman–Crippen MR) is 89.8 cm³/mol. The summed E-state index contributed by atoms with van der Waals surface area (Å²) in [7, 11) is 0. The molecule has 2 rings (SSSR count). The van der Waals surface area contributed by atoms with Gasteiger partial charge in [0.25, 0.3) is 0 Å². The second kappa shape index (κ2) is 8.49. The Balaban J connectivity index is 2.19. The van der Waals surface area contributed by atoms with Crippen molar-refractivity contribution in [2.75, 3.05) is 19.7 Å². The van der Waals surface area contributed by atoms with Gasteiger partial charge in [-0.2, -0.15) is 0 Å². The maximum Gasteiger partial charge on any atom is 0.123 e. The molecular weight excluding hydrogens is 304 g/mol. The molecule has 0 fully saturated rings. The van der Waals surface area contributed by atoms with E-state index in [0.29, 0.717) is 5.88 Å². The van der Waals surface area contributed by atoms with Crippen LogP contribution in [0.25, 0.3) is 10.6 Å². The summed E-state index contributed by atoms with van der Waals surface area (Å²) in [6, 6.07) is 8.38. The van der Waals surface area contributed by atoms with Crippen LogP contribution in [0, 0.1) is 0 Å². The number of nitrogens with zero attached hydrogens (tertiary/aromatic N) is 2. The molecule has 114 valence electrons. The lowest BCUT2D eigenvalue weighted by Gasteiger charge is -2.21. The first-order valence-corrected chi connectivity index (χ1v) is 8.61. The van der Waals surface area contributed by atoms with Crippen molar-refractivity contribution < 1.29 is 5.11 Å². The molecule has 0 unspecified atom stereocenters. The normalized spacial score (nSPS) is 11.2. The van der Waals surface area contributed by atoms with E-state index in [1.165, 1.54) is 11.1 Å². The minimum atomic E-state index is 0.240. The van der Waals surface area contributed by atoms with E-state index >= 15 is 0 Å². The number of hydrogen-bond acceptors (Lipinski definition) is 4. The van der Waals surface area contributed by atoms with E-state index < -0.39 is 0 Å². The first-order chi connectivity index (χ1) is 10.3. The van der Waals surface area contributed by atoms with Crippen LogP contribution in [0.1, 0.15) is 24.6 Å². The second-order valence-electron chi connectivity index (χ2n) is 4.88. The van der Waals surface area contributed by atoms with Gasteiger partial charge in [-0.15, -0.1) is 22.9 Å². The third-order valence-electron chi connectivity index (χ3n) is 3.41. The van der Waals surface area contributed by atoms with E-state index in [1.54, 1.807) is 11.3 Å². The van der Waals surface area contributed by atoms with Gasteiger partial charge in [0.15, 0.2) is 0 Å². The van der Waals surface area contributed by atoms with Gasteiger partial charge in [0, 0.05) is 30.6 Å². The van der Waals surface area contributed by atoms with Crippen molar-refractivity contribution in [3.63, 3.8) is 0 Å². The minimum Gasteiger partial charge on any atom is -0.396 e. The zero-order valence-corrected chi connectivity index (χ0v) is 13.8. The number of aliphatic hydroxyl groups is 1. The smallest absolute Gasteiger partial charge is 0.123 e. The summed E-state index contributed by atoms with van der Waals surface area (Å²) in [6.07, 6.45) is 0.809. The highest BCUT2D eigenvalue weighted by atomic mass is 35.5. The molecule has 1 aromatic carbocycles. The molecular formula is C16H21ClN2OS. The van der Waals surface area contributed by atoms with Crippen molar-refractivity contribution in [1.29, 1.82) is 0 Å². The number of hydrogen-bond donors (Lipinski definition) is 1. The molecule has 0 aliphatic heterocycles. The fourth-order valence-electron chi connectivity index (χ4n) is 2.24. The molecule has 0 bridgehead atoms. The van der Waals surface area contributed by atoms with Crippen LogP contribution in [0.15, 0.2) is 29.6 Å². The first-order valence-electron chi connectivity index (χ1n) is 7.20. The average Bonchev–Trinajstić information content (AvgIpc) is 3.00. The van der Waals surface area contributed by atoms with Gasteiger partial charge in [-0.25, -0.2) is 4.98 Å². The third kappa shape index (κ3) is 4.51. The van der Waals surface area contributed by atoms with Crippen molar-refractivity contribution in [2.24, 2.45) is 0 Å². The molecule has 1 N–H and O–H groups in total. The summed E-state index contributed by atoms with van der Waals surface area (Å²) in [5, 5.41) is 12.0. The van der Waals surface area contributed by atoms with E-state index in [4.69, 9.17) is 16.7 Å². The van der Waals surface area contributed by atoms with Crippen molar-refractivity contribution in [3.05, 3.63) is 40.9 Å². The lowest BCUT2D eigenvalue weighted by Crippen LogP contribution is -2.25. The van der Waals surface area contributed by atoms with E-state index in [2.05, 4.69) is 35.0 Å². The monoisotopic (exact) mass is 324 g/mol. The number of thiazole rings is 1. The number of benzene rings is 1. The largest absolute Gasteiger partial charge is 0.396 e. The molecule has 0 radical (unpaired) electrons. The molecule has 0 saturated carbocycles. The fourth-order valence-corrected chi connectivity index (χ4v) is 3.35. The summed E-state index contributed by atoms with van der Waals surface area (Å²) in [5.74, 6) is 0.455. The van der Waals surface area contributed by atoms with Crippen LogP contribution in [0.5, 0.6) is 0 Å². The molecule has 0 spiro atoms. The second-order valence-corrected chi connectivity index (χ2v) is 6.01. The highest BCUT2D eigenvalue weighted by Crippen LogP contribution is 2.28. The topological polar surface area (TPSA) is 36.4 Å². The summed E-state index contributed by atoms with van der Waals surface area (Å²) in [6.45, 7) is 5.15. The van der Waals surface area contributed by atoms with Crippen molar-refractivity contribution >= 4 is 22.9 Å². The molecule has 0 saturated heterocycles. The van der Waals surface area contributed by atoms with Gasteiger partial charge in [0.1, 0.15) is 5.01 Å². The van der Waals surface area contributed by atoms with Gasteiger partial charge in [-0.3, -0.25) is 4.90 Å². The Labute approximate surface area is 135 Å². The predicted octanol–water partition coefficient (Wildman–Crippen LogP) is 3.75. The summed E-state index contributed by atoms with van der Waals surface area (Å²) < 4.78 is 0. The van der Waals surface area contributed by atoms with Gasteiger partial charge in [-0.1, -0.05) is 31.2 Å². The summed E-state index contributed by atoms with van der Waals surface area (Å²) in [5.41, 5.74) is 3.38. The van der Waals surface area contributed by atoms with Gasteiger partial charge in [0.2, 0.25) is 0 Å². The quantitative estimate of drug-likeness (QED) is 0.751. The molecule has 1 heterocycles. The first kappa shape index (κ1) is 16.4. The number of aromatic nitrogens is 1. The Hall–Kier alpha value is -0.940. The van der Waals surface area contributed by atoms with E-state index in [0.717, 1.165) is 36.8 Å². The van der Waals surface area contributed by atoms with E-state index in [9.17, 15) is 0 Å². The van der Waals surface area contributed by atoms with Crippen molar-refractivity contribution in [2.45, 2.75) is 25.8 Å². The third-order valence-corrected chi connectivity index (χ3v) is 4.61. The van der Waals surface area contributed by atoms with Crippen LogP contribution < -0.4 is 0 Å². The van der Waals surface area contributed by atoms with Gasteiger partial charge in [0.05, 0.1) is 11.6 Å². The number of alkyl halides is 1. The van der Waals surface area contributed by atoms with Crippen LogP contribution in [0.3, 0.4) is 0 Å². The lowest BCUT2D eigenvalue weighted by molar-refractivity contribution is 0.225. The number of rotatable bonds is 8. The van der Waals surface area contributed by atoms with Gasteiger partial charge < -0.3 is 5.11 Å². The van der Waals surface area contributed by atoms with Gasteiger partial charge in [-0.05, 0) is 18.5 Å². The molecule has 0 aliphatic rings. The molecule has 21 heavy (non-hydrogen) atoms. The molecule has 0 atom stereocenters. The molecule has 1 aromatic heterocycles. The van der Waals surface area contributed by atoms with E-state index in [1.807, 2.05) is 11.4 Å². The van der Waals surface area contributed by atoms with Crippen molar-refractivity contribution in [1.82, 2.24) is 9.88 Å². The Morgan fingerprint density at radius 1 is 1.33 bits per heavy atom. The molecule has 0 aliphatic carbocycles. The highest BCUT2D eigenvalue weighted by Gasteiger charge is 2.11. The Morgan fingerprint density at radius 2 is 2.14 bits per heavy atom. The van der Waals surface area contributed by atoms with Crippen LogP contribution in [0.2, 0.25) is 0 Å². The Morgan fingerprint density at radius 3 is 2.81 bits per heavy atom. The zero-order valence-electron chi connectivity index (χ0n) is 12.3. The average molecular weight is 325 g/mol. The maximum atomic E-state index is 8.99. The lowest BCUT2D eigenvalue weighted by atomic mass is 10.1. The maximum absolute atomic E-state index is 8.99. The van der Waals surface area contributed by atoms with Crippen molar-refractivity contribution in [3.8, 4) is 10.6 Å². The van der Waals surface area contributed by atoms with E-state index in [-0.39, 0.29) is 6.61 Å². The SMILES string of the molecule is CCN(CCCO)Cc1ccccc1-c1nc(CCl)cs1. The highest BCUT2D eigenvalue weighted by molar-refractivity contribution is 7.13. The number of aliphatic hydroxyl groups excluding tert-OH is 1. The van der Waals surface area contributed by atoms with Gasteiger partial charge >= 0.3 is 0 Å². The van der Waals surface area contributed by atoms with Crippen LogP contribution in [-0.2, 0) is 12.4 Å². The minimum absolute atomic E-state index is 0.240. The van der Waals surface area contributed by atoms with Crippen LogP contribution >= 0.6 is 22.9 Å². The molecule has 3 nitrogen and oxygen atoms in total. The fraction of sp³-hybridized carbons (Fsp3) is 0.438. The number of halogens is 1.